The van der Waals surface area contributed by atoms with Gasteiger partial charge in [0.1, 0.15) is 5.54 Å². The van der Waals surface area contributed by atoms with Crippen molar-refractivity contribution in [2.75, 3.05) is 11.9 Å². The summed E-state index contributed by atoms with van der Waals surface area (Å²) in [5, 5.41) is 16.3. The van der Waals surface area contributed by atoms with Gasteiger partial charge in [-0.1, -0.05) is 18.9 Å². The number of hydrogen-bond donors (Lipinski definition) is 2. The fraction of sp³-hybridized carbons (Fsp3) is 0.500. The van der Waals surface area contributed by atoms with Crippen LogP contribution in [0.2, 0.25) is 0 Å². The topological polar surface area (TPSA) is 122 Å². The van der Waals surface area contributed by atoms with Crippen molar-refractivity contribution in [2.24, 2.45) is 0 Å². The molecule has 4 amide bonds. The largest absolute Gasteiger partial charge is 0.326 e. The van der Waals surface area contributed by atoms with E-state index in [2.05, 4.69) is 10.6 Å². The molecule has 1 aromatic carbocycles. The molecular formula is C18H22N4O5. The van der Waals surface area contributed by atoms with Crippen LogP contribution in [0.25, 0.3) is 0 Å². The Balaban J connectivity index is 1.53. The van der Waals surface area contributed by atoms with Gasteiger partial charge in [0.2, 0.25) is 5.91 Å². The molecule has 1 heterocycles. The van der Waals surface area contributed by atoms with E-state index in [1.165, 1.54) is 17.0 Å². The van der Waals surface area contributed by atoms with Crippen LogP contribution in [-0.4, -0.2) is 39.8 Å². The van der Waals surface area contributed by atoms with E-state index in [1.807, 2.05) is 0 Å². The van der Waals surface area contributed by atoms with Crippen LogP contribution in [0.4, 0.5) is 16.2 Å². The van der Waals surface area contributed by atoms with Gasteiger partial charge in [0.05, 0.1) is 10.6 Å². The summed E-state index contributed by atoms with van der Waals surface area (Å²) in [5.41, 5.74) is 0.261. The van der Waals surface area contributed by atoms with Crippen LogP contribution in [0.15, 0.2) is 18.2 Å². The van der Waals surface area contributed by atoms with Crippen LogP contribution in [0.5, 0.6) is 0 Å². The standard InChI is InChI=1S/C18H22N4O5/c1-12-6-7-13(22(26)27)11-14(12)19-15(23)5-4-10-21-16(24)18(20-17(21)25)8-2-3-9-18/h6-7,11H,2-5,8-10H2,1H3,(H,19,23)(H,20,25). The predicted molar refractivity (Wildman–Crippen MR) is 97.1 cm³/mol. The summed E-state index contributed by atoms with van der Waals surface area (Å²) < 4.78 is 0. The number of amides is 4. The number of nitro groups is 1. The van der Waals surface area contributed by atoms with Gasteiger partial charge in [-0.25, -0.2) is 4.79 Å². The zero-order valence-corrected chi connectivity index (χ0v) is 15.1. The number of non-ortho nitro benzene ring substituents is 1. The lowest BCUT2D eigenvalue weighted by atomic mass is 9.98. The molecule has 144 valence electrons. The minimum atomic E-state index is -0.737. The zero-order valence-electron chi connectivity index (χ0n) is 15.1. The number of rotatable bonds is 6. The maximum atomic E-state index is 12.5. The second-order valence-electron chi connectivity index (χ2n) is 7.08. The van der Waals surface area contributed by atoms with Crippen LogP contribution in [0.1, 0.15) is 44.1 Å². The van der Waals surface area contributed by atoms with Crippen LogP contribution in [0, 0.1) is 17.0 Å². The van der Waals surface area contributed by atoms with Gasteiger partial charge in [0.15, 0.2) is 0 Å². The molecule has 1 spiro atoms. The molecule has 3 rings (SSSR count). The Hall–Kier alpha value is -2.97. The number of nitrogens with one attached hydrogen (secondary N) is 2. The average molecular weight is 374 g/mol. The number of aryl methyl sites for hydroxylation is 1. The molecule has 0 atom stereocenters. The summed E-state index contributed by atoms with van der Waals surface area (Å²) in [5.74, 6) is -0.513. The summed E-state index contributed by atoms with van der Waals surface area (Å²) in [4.78, 5) is 48.3. The molecule has 2 fully saturated rings. The number of urea groups is 1. The van der Waals surface area contributed by atoms with Gasteiger partial charge in [-0.05, 0) is 31.7 Å². The van der Waals surface area contributed by atoms with Crippen molar-refractivity contribution >= 4 is 29.2 Å². The summed E-state index contributed by atoms with van der Waals surface area (Å²) in [6, 6.07) is 3.87. The molecule has 0 bridgehead atoms. The first kappa shape index (κ1) is 18.8. The Morgan fingerprint density at radius 2 is 2.04 bits per heavy atom. The maximum absolute atomic E-state index is 12.5. The van der Waals surface area contributed by atoms with Crippen molar-refractivity contribution in [3.8, 4) is 0 Å². The number of nitrogens with zero attached hydrogens (tertiary/aromatic N) is 2. The number of anilines is 1. The third kappa shape index (κ3) is 3.76. The lowest BCUT2D eigenvalue weighted by Gasteiger charge is -2.19. The van der Waals surface area contributed by atoms with E-state index in [0.717, 1.165) is 12.8 Å². The molecule has 9 heteroatoms. The van der Waals surface area contributed by atoms with Crippen molar-refractivity contribution < 1.29 is 19.3 Å². The molecule has 1 saturated heterocycles. The lowest BCUT2D eigenvalue weighted by Crippen LogP contribution is -2.44. The molecule has 9 nitrogen and oxygen atoms in total. The first-order chi connectivity index (χ1) is 12.8. The average Bonchev–Trinajstić information content (AvgIpc) is 3.17. The van der Waals surface area contributed by atoms with E-state index in [1.54, 1.807) is 13.0 Å². The van der Waals surface area contributed by atoms with Crippen LogP contribution in [-0.2, 0) is 9.59 Å². The molecule has 1 aliphatic heterocycles. The summed E-state index contributed by atoms with van der Waals surface area (Å²) >= 11 is 0. The SMILES string of the molecule is Cc1ccc([N+](=O)[O-])cc1NC(=O)CCCN1C(=O)NC2(CCCC2)C1=O. The first-order valence-corrected chi connectivity index (χ1v) is 9.01. The number of carbonyl (C=O) groups excluding carboxylic acids is 3. The Labute approximate surface area is 156 Å². The fourth-order valence-corrected chi connectivity index (χ4v) is 3.67. The second kappa shape index (κ2) is 7.34. The smallest absolute Gasteiger partial charge is 0.325 e. The third-order valence-electron chi connectivity index (χ3n) is 5.19. The monoisotopic (exact) mass is 374 g/mol. The zero-order chi connectivity index (χ0) is 19.6. The molecule has 1 saturated carbocycles. The highest BCUT2D eigenvalue weighted by molar-refractivity contribution is 6.07. The molecule has 0 aromatic heterocycles. The Kier molecular flexibility index (Phi) is 5.11. The van der Waals surface area contributed by atoms with E-state index in [-0.39, 0.29) is 30.5 Å². The summed E-state index contributed by atoms with van der Waals surface area (Å²) in [6.45, 7) is 1.92. The molecule has 0 radical (unpaired) electrons. The number of carbonyl (C=O) groups is 3. The molecule has 2 N–H and O–H groups in total. The Morgan fingerprint density at radius 3 is 2.70 bits per heavy atom. The minimum Gasteiger partial charge on any atom is -0.326 e. The molecule has 1 aromatic rings. The maximum Gasteiger partial charge on any atom is 0.325 e. The molecule has 27 heavy (non-hydrogen) atoms. The molecule has 0 unspecified atom stereocenters. The number of hydrogen-bond acceptors (Lipinski definition) is 5. The molecule has 1 aliphatic carbocycles. The lowest BCUT2D eigenvalue weighted by molar-refractivity contribution is -0.384. The van der Waals surface area contributed by atoms with Crippen molar-refractivity contribution in [3.63, 3.8) is 0 Å². The van der Waals surface area contributed by atoms with Crippen LogP contribution >= 0.6 is 0 Å². The van der Waals surface area contributed by atoms with Gasteiger partial charge in [-0.3, -0.25) is 24.6 Å². The first-order valence-electron chi connectivity index (χ1n) is 9.01. The summed E-state index contributed by atoms with van der Waals surface area (Å²) in [6.07, 6.45) is 3.61. The van der Waals surface area contributed by atoms with Crippen LogP contribution < -0.4 is 10.6 Å². The molecule has 2 aliphatic rings. The van der Waals surface area contributed by atoms with E-state index < -0.39 is 16.5 Å². The van der Waals surface area contributed by atoms with Gasteiger partial charge >= 0.3 is 6.03 Å². The number of benzene rings is 1. The highest BCUT2D eigenvalue weighted by Crippen LogP contribution is 2.35. The van der Waals surface area contributed by atoms with Gasteiger partial charge < -0.3 is 10.6 Å². The Morgan fingerprint density at radius 1 is 1.33 bits per heavy atom. The van der Waals surface area contributed by atoms with E-state index in [4.69, 9.17) is 0 Å². The molecular weight excluding hydrogens is 352 g/mol. The number of nitro benzene ring substituents is 1. The van der Waals surface area contributed by atoms with Crippen molar-refractivity contribution in [3.05, 3.63) is 33.9 Å². The van der Waals surface area contributed by atoms with Gasteiger partial charge in [-0.2, -0.15) is 0 Å². The van der Waals surface area contributed by atoms with E-state index in [9.17, 15) is 24.5 Å². The van der Waals surface area contributed by atoms with Gasteiger partial charge in [0.25, 0.3) is 11.6 Å². The van der Waals surface area contributed by atoms with E-state index >= 15 is 0 Å². The quantitative estimate of drug-likeness (QED) is 0.450. The van der Waals surface area contributed by atoms with Crippen LogP contribution in [0.3, 0.4) is 0 Å². The van der Waals surface area contributed by atoms with Crippen molar-refractivity contribution in [2.45, 2.75) is 51.0 Å². The Bertz CT molecular complexity index is 801. The second-order valence-corrected chi connectivity index (χ2v) is 7.08. The highest BCUT2D eigenvalue weighted by atomic mass is 16.6. The van der Waals surface area contributed by atoms with Gasteiger partial charge in [-0.15, -0.1) is 0 Å². The summed E-state index contributed by atoms with van der Waals surface area (Å²) in [7, 11) is 0. The van der Waals surface area contributed by atoms with Gasteiger partial charge in [0, 0.05) is 25.1 Å². The normalized spacial score (nSPS) is 18.0. The van der Waals surface area contributed by atoms with Crippen molar-refractivity contribution in [1.29, 1.82) is 0 Å². The third-order valence-corrected chi connectivity index (χ3v) is 5.19. The van der Waals surface area contributed by atoms with E-state index in [0.29, 0.717) is 30.5 Å². The minimum absolute atomic E-state index is 0.0999. The predicted octanol–water partition coefficient (Wildman–Crippen LogP) is 2.49. The fourth-order valence-electron chi connectivity index (χ4n) is 3.67. The number of imide groups is 1. The van der Waals surface area contributed by atoms with Crippen molar-refractivity contribution in [1.82, 2.24) is 10.2 Å². The highest BCUT2D eigenvalue weighted by Gasteiger charge is 2.51.